The van der Waals surface area contributed by atoms with Crippen LogP contribution >= 0.6 is 0 Å². The molecule has 8 nitrogen and oxygen atoms in total. The monoisotopic (exact) mass is 380 g/mol. The van der Waals surface area contributed by atoms with Gasteiger partial charge in [0.1, 0.15) is 0 Å². The molecule has 0 bridgehead atoms. The fourth-order valence-electron chi connectivity index (χ4n) is 2.80. The molecule has 1 fully saturated rings. The topological polar surface area (TPSA) is 107 Å². The molecule has 3 heterocycles. The predicted molar refractivity (Wildman–Crippen MR) is 95.9 cm³/mol. The Hall–Kier alpha value is -1.84. The quantitative estimate of drug-likeness (QED) is 0.742. The third kappa shape index (κ3) is 4.66. The lowest BCUT2D eigenvalue weighted by Crippen LogP contribution is -2.35. The Morgan fingerprint density at radius 3 is 2.73 bits per heavy atom. The fraction of sp³-hybridized carbons (Fsp3) is 0.588. The van der Waals surface area contributed by atoms with Crippen molar-refractivity contribution >= 4 is 9.84 Å². The second-order valence-electron chi connectivity index (χ2n) is 6.33. The van der Waals surface area contributed by atoms with Crippen LogP contribution in [0.5, 0.6) is 0 Å². The summed E-state index contributed by atoms with van der Waals surface area (Å²) in [5.74, 6) is 0.352. The molecule has 2 aromatic heterocycles. The summed E-state index contributed by atoms with van der Waals surface area (Å²) >= 11 is 0. The maximum atomic E-state index is 12.8. The molecular formula is C17H24N4O4S. The third-order valence-corrected chi connectivity index (χ3v) is 6.12. The Kier molecular flexibility index (Phi) is 6.33. The molecule has 1 aliphatic heterocycles. The van der Waals surface area contributed by atoms with Gasteiger partial charge in [-0.2, -0.15) is 4.98 Å². The van der Waals surface area contributed by atoms with E-state index in [1.807, 2.05) is 6.92 Å². The van der Waals surface area contributed by atoms with Gasteiger partial charge in [0, 0.05) is 18.0 Å². The zero-order valence-electron chi connectivity index (χ0n) is 14.8. The van der Waals surface area contributed by atoms with E-state index < -0.39 is 15.3 Å². The smallest absolute Gasteiger partial charge is 0.271 e. The lowest BCUT2D eigenvalue weighted by molar-refractivity contribution is -0.00186. The average Bonchev–Trinajstić information content (AvgIpc) is 3.15. The number of sulfone groups is 1. The number of hydrogen-bond acceptors (Lipinski definition) is 8. The van der Waals surface area contributed by atoms with Crippen LogP contribution in [-0.4, -0.2) is 48.5 Å². The van der Waals surface area contributed by atoms with Gasteiger partial charge in [-0.1, -0.05) is 18.5 Å². The molecule has 1 saturated heterocycles. The number of aromatic nitrogens is 3. The van der Waals surface area contributed by atoms with Crippen molar-refractivity contribution in [3.8, 4) is 11.4 Å². The zero-order valence-corrected chi connectivity index (χ0v) is 15.6. The summed E-state index contributed by atoms with van der Waals surface area (Å²) in [4.78, 5) is 8.25. The number of unbranched alkanes of at least 4 members (excludes halogenated alkanes) is 1. The van der Waals surface area contributed by atoms with Crippen molar-refractivity contribution in [2.45, 2.75) is 44.1 Å². The molecule has 0 radical (unpaired) electrons. The second-order valence-corrected chi connectivity index (χ2v) is 8.49. The highest BCUT2D eigenvalue weighted by atomic mass is 32.2. The molecule has 0 saturated carbocycles. The van der Waals surface area contributed by atoms with Crippen LogP contribution in [-0.2, 0) is 14.6 Å². The first kappa shape index (κ1) is 18.9. The van der Waals surface area contributed by atoms with Gasteiger partial charge in [-0.15, -0.1) is 0 Å². The van der Waals surface area contributed by atoms with E-state index in [1.54, 1.807) is 24.5 Å². The number of nitrogens with zero attached hydrogens (tertiary/aromatic N) is 3. The minimum atomic E-state index is -3.56. The van der Waals surface area contributed by atoms with E-state index in [2.05, 4.69) is 20.4 Å². The zero-order chi connectivity index (χ0) is 18.4. The molecule has 142 valence electrons. The summed E-state index contributed by atoms with van der Waals surface area (Å²) in [6, 6.07) is 3.48. The van der Waals surface area contributed by atoms with E-state index >= 15 is 0 Å². The SMILES string of the molecule is CCCCS(=O)(=O)C(OC1CCNCC1)c1nc(-c2ccncc2)no1. The molecule has 3 rings (SSSR count). The standard InChI is InChI=1S/C17H24N4O4S/c1-2-3-12-26(22,23)17(24-14-6-10-19-11-7-14)16-20-15(21-25-16)13-4-8-18-9-5-13/h4-5,8-9,14,17,19H,2-3,6-7,10-12H2,1H3. The van der Waals surface area contributed by atoms with Crippen LogP contribution in [0.3, 0.4) is 0 Å². The average molecular weight is 380 g/mol. The Balaban J connectivity index is 1.86. The minimum Gasteiger partial charge on any atom is -0.350 e. The van der Waals surface area contributed by atoms with Gasteiger partial charge in [-0.25, -0.2) is 8.42 Å². The van der Waals surface area contributed by atoms with Gasteiger partial charge in [-0.05, 0) is 44.5 Å². The Morgan fingerprint density at radius 2 is 2.04 bits per heavy atom. The van der Waals surface area contributed by atoms with Crippen molar-refractivity contribution in [3.05, 3.63) is 30.4 Å². The van der Waals surface area contributed by atoms with Crippen LogP contribution in [0.1, 0.15) is 43.9 Å². The third-order valence-electron chi connectivity index (χ3n) is 4.29. The van der Waals surface area contributed by atoms with Gasteiger partial charge in [0.05, 0.1) is 11.9 Å². The first-order chi connectivity index (χ1) is 12.6. The molecule has 0 aliphatic carbocycles. The number of nitrogens with one attached hydrogen (secondary N) is 1. The largest absolute Gasteiger partial charge is 0.350 e. The number of rotatable bonds is 8. The lowest BCUT2D eigenvalue weighted by Gasteiger charge is -2.26. The van der Waals surface area contributed by atoms with Crippen molar-refractivity contribution in [1.82, 2.24) is 20.4 Å². The molecule has 1 N–H and O–H groups in total. The molecule has 1 aliphatic rings. The molecule has 26 heavy (non-hydrogen) atoms. The number of pyridine rings is 1. The van der Waals surface area contributed by atoms with Crippen molar-refractivity contribution in [1.29, 1.82) is 0 Å². The van der Waals surface area contributed by atoms with Crippen LogP contribution < -0.4 is 5.32 Å². The Bertz CT molecular complexity index is 788. The number of hydrogen-bond donors (Lipinski definition) is 1. The van der Waals surface area contributed by atoms with Gasteiger partial charge in [0.2, 0.25) is 11.3 Å². The number of ether oxygens (including phenoxy) is 1. The highest BCUT2D eigenvalue weighted by Gasteiger charge is 2.35. The summed E-state index contributed by atoms with van der Waals surface area (Å²) in [6.07, 6.45) is 5.95. The molecule has 1 unspecified atom stereocenters. The van der Waals surface area contributed by atoms with Gasteiger partial charge in [0.25, 0.3) is 5.89 Å². The lowest BCUT2D eigenvalue weighted by atomic mass is 10.1. The van der Waals surface area contributed by atoms with Crippen LogP contribution in [0.25, 0.3) is 11.4 Å². The van der Waals surface area contributed by atoms with Crippen molar-refractivity contribution in [3.63, 3.8) is 0 Å². The van der Waals surface area contributed by atoms with Gasteiger partial charge >= 0.3 is 0 Å². The summed E-state index contributed by atoms with van der Waals surface area (Å²) in [5.41, 5.74) is -0.512. The highest BCUT2D eigenvalue weighted by molar-refractivity contribution is 7.91. The predicted octanol–water partition coefficient (Wildman–Crippen LogP) is 2.11. The fourth-order valence-corrected chi connectivity index (χ4v) is 4.44. The first-order valence-electron chi connectivity index (χ1n) is 8.92. The number of piperidine rings is 1. The maximum Gasteiger partial charge on any atom is 0.271 e. The van der Waals surface area contributed by atoms with Crippen LogP contribution in [0.2, 0.25) is 0 Å². The molecule has 1 atom stereocenters. The van der Waals surface area contributed by atoms with Crippen molar-refractivity contribution in [2.75, 3.05) is 18.8 Å². The van der Waals surface area contributed by atoms with Gasteiger partial charge < -0.3 is 14.6 Å². The minimum absolute atomic E-state index is 0.00792. The summed E-state index contributed by atoms with van der Waals surface area (Å²) in [7, 11) is -3.56. The van der Waals surface area contributed by atoms with Gasteiger partial charge in [-0.3, -0.25) is 4.98 Å². The van der Waals surface area contributed by atoms with Crippen molar-refractivity contribution in [2.24, 2.45) is 0 Å². The molecule has 2 aromatic rings. The maximum absolute atomic E-state index is 12.8. The normalized spacial score (nSPS) is 17.3. The van der Waals surface area contributed by atoms with E-state index in [0.29, 0.717) is 17.8 Å². The Labute approximate surface area is 153 Å². The second kappa shape index (κ2) is 8.70. The van der Waals surface area contributed by atoms with Crippen LogP contribution in [0.4, 0.5) is 0 Å². The van der Waals surface area contributed by atoms with E-state index in [9.17, 15) is 8.42 Å². The highest BCUT2D eigenvalue weighted by Crippen LogP contribution is 2.29. The van der Waals surface area contributed by atoms with Crippen LogP contribution in [0.15, 0.2) is 29.0 Å². The summed E-state index contributed by atoms with van der Waals surface area (Å²) in [6.45, 7) is 3.56. The summed E-state index contributed by atoms with van der Waals surface area (Å²) in [5, 5.41) is 7.16. The molecular weight excluding hydrogens is 356 g/mol. The molecule has 0 amide bonds. The summed E-state index contributed by atoms with van der Waals surface area (Å²) < 4.78 is 36.9. The van der Waals surface area contributed by atoms with Crippen LogP contribution in [0, 0.1) is 0 Å². The van der Waals surface area contributed by atoms with E-state index in [4.69, 9.17) is 9.26 Å². The van der Waals surface area contributed by atoms with Gasteiger partial charge in [0.15, 0.2) is 9.84 Å². The molecule has 0 spiro atoms. The first-order valence-corrected chi connectivity index (χ1v) is 10.6. The molecule has 9 heteroatoms. The Morgan fingerprint density at radius 1 is 1.31 bits per heavy atom. The van der Waals surface area contributed by atoms with E-state index in [-0.39, 0.29) is 17.7 Å². The van der Waals surface area contributed by atoms with Crippen molar-refractivity contribution < 1.29 is 17.7 Å². The van der Waals surface area contributed by atoms with E-state index in [1.165, 1.54) is 0 Å². The van der Waals surface area contributed by atoms with E-state index in [0.717, 1.165) is 32.4 Å². The molecule has 0 aromatic carbocycles.